The highest BCUT2D eigenvalue weighted by molar-refractivity contribution is 5.82. The Hall–Kier alpha value is -2.17. The van der Waals surface area contributed by atoms with Crippen LogP contribution < -0.4 is 5.32 Å². The van der Waals surface area contributed by atoms with Gasteiger partial charge < -0.3 is 5.32 Å². The first-order valence-corrected chi connectivity index (χ1v) is 7.28. The number of benzene rings is 2. The SMILES string of the molecule is CN[C@H](C(=O)N(C)OC)C(c1ccccc1)c1ccccc1. The molecule has 0 heterocycles. The molecule has 0 bridgehead atoms. The molecule has 1 amide bonds. The summed E-state index contributed by atoms with van der Waals surface area (Å²) < 4.78 is 0. The number of carbonyl (C=O) groups excluding carboxylic acids is 1. The molecule has 2 aromatic rings. The predicted molar refractivity (Wildman–Crippen MR) is 87.4 cm³/mol. The highest BCUT2D eigenvalue weighted by atomic mass is 16.7. The smallest absolute Gasteiger partial charge is 0.263 e. The van der Waals surface area contributed by atoms with Gasteiger partial charge in [0.2, 0.25) is 0 Å². The van der Waals surface area contributed by atoms with E-state index in [4.69, 9.17) is 4.84 Å². The Kier molecular flexibility index (Phi) is 5.69. The molecule has 0 aliphatic heterocycles. The summed E-state index contributed by atoms with van der Waals surface area (Å²) in [5.74, 6) is -0.194. The van der Waals surface area contributed by atoms with Gasteiger partial charge >= 0.3 is 0 Å². The van der Waals surface area contributed by atoms with Gasteiger partial charge in [-0.2, -0.15) is 0 Å². The van der Waals surface area contributed by atoms with Gasteiger partial charge in [-0.15, -0.1) is 0 Å². The van der Waals surface area contributed by atoms with Crippen LogP contribution in [0.3, 0.4) is 0 Å². The third kappa shape index (κ3) is 3.53. The van der Waals surface area contributed by atoms with Crippen molar-refractivity contribution in [2.24, 2.45) is 0 Å². The van der Waals surface area contributed by atoms with Crippen LogP contribution in [0.15, 0.2) is 60.7 Å². The van der Waals surface area contributed by atoms with Gasteiger partial charge in [-0.25, -0.2) is 5.06 Å². The summed E-state index contributed by atoms with van der Waals surface area (Å²) in [6.45, 7) is 0. The number of nitrogens with zero attached hydrogens (tertiary/aromatic N) is 1. The Bertz CT molecular complexity index is 547. The first-order chi connectivity index (χ1) is 10.7. The fourth-order valence-electron chi connectivity index (χ4n) is 2.62. The number of hydrogen-bond acceptors (Lipinski definition) is 3. The summed E-state index contributed by atoms with van der Waals surface area (Å²) in [7, 11) is 4.91. The Morgan fingerprint density at radius 2 is 1.45 bits per heavy atom. The highest BCUT2D eigenvalue weighted by Gasteiger charge is 2.31. The lowest BCUT2D eigenvalue weighted by Crippen LogP contribution is -2.47. The summed E-state index contributed by atoms with van der Waals surface area (Å²) in [6.07, 6.45) is 0. The predicted octanol–water partition coefficient (Wildman–Crippen LogP) is 2.43. The molecule has 2 rings (SSSR count). The Balaban J connectivity index is 2.46. The van der Waals surface area contributed by atoms with E-state index in [-0.39, 0.29) is 11.8 Å². The molecule has 0 radical (unpaired) electrons. The van der Waals surface area contributed by atoms with E-state index in [1.807, 2.05) is 60.7 Å². The van der Waals surface area contributed by atoms with Gasteiger partial charge in [-0.05, 0) is 18.2 Å². The molecular formula is C18H22N2O2. The molecule has 0 aromatic heterocycles. The van der Waals surface area contributed by atoms with Crippen LogP contribution in [0.1, 0.15) is 17.0 Å². The Morgan fingerprint density at radius 3 is 1.82 bits per heavy atom. The normalized spacial score (nSPS) is 12.2. The van der Waals surface area contributed by atoms with Crippen molar-refractivity contribution in [3.05, 3.63) is 71.8 Å². The van der Waals surface area contributed by atoms with Crippen LogP contribution in [0.2, 0.25) is 0 Å². The van der Waals surface area contributed by atoms with E-state index < -0.39 is 6.04 Å². The first-order valence-electron chi connectivity index (χ1n) is 7.28. The molecule has 1 atom stereocenters. The van der Waals surface area contributed by atoms with Crippen LogP contribution in [0, 0.1) is 0 Å². The Morgan fingerprint density at radius 1 is 1.00 bits per heavy atom. The van der Waals surface area contributed by atoms with Crippen molar-refractivity contribution in [2.45, 2.75) is 12.0 Å². The minimum Gasteiger partial charge on any atom is -0.308 e. The monoisotopic (exact) mass is 298 g/mol. The van der Waals surface area contributed by atoms with Gasteiger partial charge in [0.1, 0.15) is 0 Å². The zero-order chi connectivity index (χ0) is 15.9. The van der Waals surface area contributed by atoms with Crippen molar-refractivity contribution >= 4 is 5.91 Å². The van der Waals surface area contributed by atoms with E-state index in [1.54, 1.807) is 14.1 Å². The minimum atomic E-state index is -0.408. The summed E-state index contributed by atoms with van der Waals surface area (Å²) in [6, 6.07) is 19.7. The second-order valence-corrected chi connectivity index (χ2v) is 5.08. The molecule has 0 saturated carbocycles. The molecule has 0 aliphatic rings. The zero-order valence-corrected chi connectivity index (χ0v) is 13.2. The van der Waals surface area contributed by atoms with E-state index in [1.165, 1.54) is 12.2 Å². The van der Waals surface area contributed by atoms with E-state index in [2.05, 4.69) is 5.32 Å². The average molecular weight is 298 g/mol. The van der Waals surface area contributed by atoms with Gasteiger partial charge in [0.15, 0.2) is 0 Å². The lowest BCUT2D eigenvalue weighted by molar-refractivity contribution is -0.171. The van der Waals surface area contributed by atoms with Crippen molar-refractivity contribution in [3.63, 3.8) is 0 Å². The lowest BCUT2D eigenvalue weighted by Gasteiger charge is -2.29. The molecule has 0 spiro atoms. The largest absolute Gasteiger partial charge is 0.308 e. The van der Waals surface area contributed by atoms with Crippen LogP contribution in [0.5, 0.6) is 0 Å². The second-order valence-electron chi connectivity index (χ2n) is 5.08. The van der Waals surface area contributed by atoms with Gasteiger partial charge in [0.05, 0.1) is 13.2 Å². The standard InChI is InChI=1S/C18H22N2O2/c1-19-17(18(21)20(2)22-3)16(14-10-6-4-7-11-14)15-12-8-5-9-13-15/h4-13,16-17,19H,1-3H3/t17-/m0/s1. The number of hydrogen-bond donors (Lipinski definition) is 1. The molecule has 4 heteroatoms. The molecule has 22 heavy (non-hydrogen) atoms. The fraction of sp³-hybridized carbons (Fsp3) is 0.278. The topological polar surface area (TPSA) is 41.6 Å². The molecule has 0 saturated heterocycles. The van der Waals surface area contributed by atoms with E-state index in [9.17, 15) is 4.79 Å². The van der Waals surface area contributed by atoms with Crippen LogP contribution in [-0.2, 0) is 9.63 Å². The van der Waals surface area contributed by atoms with E-state index in [0.717, 1.165) is 11.1 Å². The summed E-state index contributed by atoms with van der Waals surface area (Å²) in [5.41, 5.74) is 2.18. The van der Waals surface area contributed by atoms with Gasteiger partial charge in [0.25, 0.3) is 5.91 Å². The summed E-state index contributed by atoms with van der Waals surface area (Å²) in [4.78, 5) is 17.7. The average Bonchev–Trinajstić information content (AvgIpc) is 2.59. The first kappa shape index (κ1) is 16.2. The van der Waals surface area contributed by atoms with Crippen molar-refractivity contribution in [1.29, 1.82) is 0 Å². The lowest BCUT2D eigenvalue weighted by atomic mass is 9.84. The highest BCUT2D eigenvalue weighted by Crippen LogP contribution is 2.28. The van der Waals surface area contributed by atoms with Crippen molar-refractivity contribution in [3.8, 4) is 0 Å². The number of amides is 1. The maximum Gasteiger partial charge on any atom is 0.263 e. The summed E-state index contributed by atoms with van der Waals surface area (Å²) in [5, 5.41) is 4.41. The van der Waals surface area contributed by atoms with Crippen LogP contribution >= 0.6 is 0 Å². The third-order valence-corrected chi connectivity index (χ3v) is 3.81. The molecule has 0 unspecified atom stereocenters. The molecule has 0 aliphatic carbocycles. The van der Waals surface area contributed by atoms with E-state index >= 15 is 0 Å². The molecule has 2 aromatic carbocycles. The summed E-state index contributed by atoms with van der Waals surface area (Å²) >= 11 is 0. The number of likely N-dealkylation sites (N-methyl/N-ethyl adjacent to an activating group) is 2. The van der Waals surface area contributed by atoms with Crippen LogP contribution in [0.4, 0.5) is 0 Å². The van der Waals surface area contributed by atoms with E-state index in [0.29, 0.717) is 0 Å². The number of carbonyl (C=O) groups is 1. The molecule has 4 nitrogen and oxygen atoms in total. The van der Waals surface area contributed by atoms with Crippen molar-refractivity contribution < 1.29 is 9.63 Å². The number of rotatable bonds is 6. The molecule has 0 fully saturated rings. The van der Waals surface area contributed by atoms with Crippen LogP contribution in [-0.4, -0.2) is 38.2 Å². The number of nitrogens with one attached hydrogen (secondary N) is 1. The maximum absolute atomic E-state index is 12.6. The van der Waals surface area contributed by atoms with Gasteiger partial charge in [0, 0.05) is 13.0 Å². The third-order valence-electron chi connectivity index (χ3n) is 3.81. The number of hydroxylamine groups is 2. The molecule has 116 valence electrons. The van der Waals surface area contributed by atoms with Gasteiger partial charge in [-0.1, -0.05) is 60.7 Å². The Labute approximate surface area is 131 Å². The fourth-order valence-corrected chi connectivity index (χ4v) is 2.62. The van der Waals surface area contributed by atoms with Crippen molar-refractivity contribution in [2.75, 3.05) is 21.2 Å². The quantitative estimate of drug-likeness (QED) is 0.833. The minimum absolute atomic E-state index is 0.0856. The maximum atomic E-state index is 12.6. The van der Waals surface area contributed by atoms with Gasteiger partial charge in [-0.3, -0.25) is 9.63 Å². The second kappa shape index (κ2) is 7.73. The van der Waals surface area contributed by atoms with Crippen molar-refractivity contribution in [1.82, 2.24) is 10.4 Å². The molecule has 1 N–H and O–H groups in total. The zero-order valence-electron chi connectivity index (χ0n) is 13.2. The van der Waals surface area contributed by atoms with Crippen LogP contribution in [0.25, 0.3) is 0 Å². The molecular weight excluding hydrogens is 276 g/mol.